The second kappa shape index (κ2) is 7.12. The molecule has 0 aromatic heterocycles. The van der Waals surface area contributed by atoms with Gasteiger partial charge in [0.05, 0.1) is 0 Å². The normalized spacial score (nSPS) is 17.5. The van der Waals surface area contributed by atoms with Crippen LogP contribution in [-0.4, -0.2) is 35.7 Å². The maximum Gasteiger partial charge on any atom is 0.263 e. The zero-order chi connectivity index (χ0) is 15.2. The van der Waals surface area contributed by atoms with Gasteiger partial charge in [0.15, 0.2) is 0 Å². The lowest BCUT2D eigenvalue weighted by Gasteiger charge is -2.22. The van der Waals surface area contributed by atoms with E-state index in [0.717, 1.165) is 17.0 Å². The largest absolute Gasteiger partial charge is 0.326 e. The second-order valence-corrected chi connectivity index (χ2v) is 5.63. The molecule has 112 valence electrons. The van der Waals surface area contributed by atoms with Crippen molar-refractivity contribution in [2.45, 2.75) is 19.4 Å². The molecule has 7 heteroatoms. The molecule has 2 amide bonds. The molecule has 1 unspecified atom stereocenters. The summed E-state index contributed by atoms with van der Waals surface area (Å²) in [5.41, 5.74) is 7.03. The average Bonchev–Trinajstić information content (AvgIpc) is 2.47. The Morgan fingerprint density at radius 1 is 1.33 bits per heavy atom. The number of benzene rings is 1. The van der Waals surface area contributed by atoms with Gasteiger partial charge in [-0.15, -0.1) is 0 Å². The van der Waals surface area contributed by atoms with Crippen LogP contribution in [0.5, 0.6) is 0 Å². The van der Waals surface area contributed by atoms with Gasteiger partial charge < -0.3 is 5.32 Å². The highest BCUT2D eigenvalue weighted by atomic mass is 32.2. The summed E-state index contributed by atoms with van der Waals surface area (Å²) in [7, 11) is 0. The van der Waals surface area contributed by atoms with Crippen molar-refractivity contribution in [3.8, 4) is 0 Å². The topological polar surface area (TPSA) is 82.6 Å². The zero-order valence-electron chi connectivity index (χ0n) is 12.0. The maximum atomic E-state index is 11.7. The average molecular weight is 306 g/mol. The molecular formula is C14H18N4O2S. The number of hydrogen-bond donors (Lipinski definition) is 3. The van der Waals surface area contributed by atoms with Crippen LogP contribution in [-0.2, 0) is 9.59 Å². The van der Waals surface area contributed by atoms with Gasteiger partial charge in [-0.25, -0.2) is 0 Å². The first-order valence-electron chi connectivity index (χ1n) is 6.61. The van der Waals surface area contributed by atoms with Gasteiger partial charge >= 0.3 is 0 Å². The number of nitrogens with zero attached hydrogens (tertiary/aromatic N) is 1. The smallest absolute Gasteiger partial charge is 0.263 e. The predicted molar refractivity (Wildman–Crippen MR) is 85.3 cm³/mol. The fourth-order valence-corrected chi connectivity index (χ4v) is 2.40. The van der Waals surface area contributed by atoms with Crippen molar-refractivity contribution in [1.82, 2.24) is 10.9 Å². The molecule has 0 saturated heterocycles. The Bertz CT molecular complexity index is 557. The van der Waals surface area contributed by atoms with Crippen molar-refractivity contribution < 1.29 is 9.59 Å². The molecule has 6 nitrogen and oxygen atoms in total. The third-order valence-corrected chi connectivity index (χ3v) is 3.61. The van der Waals surface area contributed by atoms with E-state index in [1.165, 1.54) is 6.92 Å². The predicted octanol–water partition coefficient (Wildman–Crippen LogP) is 1.15. The van der Waals surface area contributed by atoms with Gasteiger partial charge in [-0.05, 0) is 42.7 Å². The Balaban J connectivity index is 2.12. The van der Waals surface area contributed by atoms with Crippen molar-refractivity contribution >= 4 is 35.1 Å². The lowest BCUT2D eigenvalue weighted by molar-refractivity contribution is -0.123. The van der Waals surface area contributed by atoms with Gasteiger partial charge in [0, 0.05) is 18.2 Å². The minimum Gasteiger partial charge on any atom is -0.326 e. The maximum absolute atomic E-state index is 11.7. The molecule has 0 saturated carbocycles. The van der Waals surface area contributed by atoms with Gasteiger partial charge in [0.25, 0.3) is 5.91 Å². The third kappa shape index (κ3) is 4.22. The van der Waals surface area contributed by atoms with Gasteiger partial charge in [0.2, 0.25) is 5.91 Å². The van der Waals surface area contributed by atoms with Crippen molar-refractivity contribution in [1.29, 1.82) is 0 Å². The van der Waals surface area contributed by atoms with Crippen LogP contribution in [0.3, 0.4) is 0 Å². The van der Waals surface area contributed by atoms with E-state index in [9.17, 15) is 9.59 Å². The molecule has 0 radical (unpaired) electrons. The Hall–Kier alpha value is -2.02. The molecule has 1 atom stereocenters. The van der Waals surface area contributed by atoms with Crippen LogP contribution in [0, 0.1) is 0 Å². The number of aliphatic imine (C=N–C) groups is 1. The van der Waals surface area contributed by atoms with Gasteiger partial charge in [-0.1, -0.05) is 0 Å². The van der Waals surface area contributed by atoms with E-state index in [1.807, 2.05) is 18.4 Å². The monoisotopic (exact) mass is 306 g/mol. The number of carbonyl (C=O) groups is 2. The first-order chi connectivity index (χ1) is 10.1. The number of thioether (sulfide) groups is 1. The summed E-state index contributed by atoms with van der Waals surface area (Å²) in [5, 5.41) is 2.71. The highest BCUT2D eigenvalue weighted by Gasteiger charge is 2.23. The zero-order valence-corrected chi connectivity index (χ0v) is 12.8. The molecule has 0 spiro atoms. The van der Waals surface area contributed by atoms with E-state index in [1.54, 1.807) is 23.9 Å². The van der Waals surface area contributed by atoms with E-state index in [0.29, 0.717) is 12.3 Å². The quantitative estimate of drug-likeness (QED) is 0.762. The van der Waals surface area contributed by atoms with Crippen LogP contribution < -0.4 is 16.2 Å². The van der Waals surface area contributed by atoms with Crippen molar-refractivity contribution in [2.24, 2.45) is 4.99 Å². The van der Waals surface area contributed by atoms with Crippen LogP contribution in [0.15, 0.2) is 29.3 Å². The molecule has 0 bridgehead atoms. The fraction of sp³-hybridized carbons (Fsp3) is 0.357. The molecular weight excluding hydrogens is 288 g/mol. The highest BCUT2D eigenvalue weighted by Crippen LogP contribution is 2.13. The van der Waals surface area contributed by atoms with Crippen LogP contribution in [0.2, 0.25) is 0 Å². The van der Waals surface area contributed by atoms with Gasteiger partial charge in [-0.3, -0.25) is 25.4 Å². The SMILES string of the molecule is CSCCC1N=C(c2ccc(NC(C)=O)cc2)NNC1=O. The minimum absolute atomic E-state index is 0.109. The molecule has 21 heavy (non-hydrogen) atoms. The van der Waals surface area contributed by atoms with E-state index in [-0.39, 0.29) is 17.9 Å². The standard InChI is InChI=1S/C14H18N4O2S/c1-9(19)15-11-5-3-10(4-6-11)13-16-12(7-8-21-2)14(20)18-17-13/h3-6,12H,7-8H2,1-2H3,(H,15,19)(H,16,17)(H,18,20). The van der Waals surface area contributed by atoms with Gasteiger partial charge in [-0.2, -0.15) is 11.8 Å². The number of anilines is 1. The third-order valence-electron chi connectivity index (χ3n) is 2.97. The fourth-order valence-electron chi connectivity index (χ4n) is 1.94. The van der Waals surface area contributed by atoms with E-state index >= 15 is 0 Å². The first-order valence-corrected chi connectivity index (χ1v) is 8.00. The summed E-state index contributed by atoms with van der Waals surface area (Å²) in [6.45, 7) is 1.46. The molecule has 1 aliphatic rings. The summed E-state index contributed by atoms with van der Waals surface area (Å²) in [5.74, 6) is 1.30. The van der Waals surface area contributed by atoms with Crippen molar-refractivity contribution in [3.63, 3.8) is 0 Å². The van der Waals surface area contributed by atoms with Crippen molar-refractivity contribution in [2.75, 3.05) is 17.3 Å². The Morgan fingerprint density at radius 3 is 2.67 bits per heavy atom. The summed E-state index contributed by atoms with van der Waals surface area (Å²) < 4.78 is 0. The summed E-state index contributed by atoms with van der Waals surface area (Å²) in [6.07, 6.45) is 2.71. The summed E-state index contributed by atoms with van der Waals surface area (Å²) >= 11 is 1.69. The first kappa shape index (κ1) is 15.4. The van der Waals surface area contributed by atoms with Crippen LogP contribution in [0.1, 0.15) is 18.9 Å². The Labute approximate surface area is 127 Å². The number of hydrazine groups is 1. The highest BCUT2D eigenvalue weighted by molar-refractivity contribution is 7.98. The molecule has 1 aromatic carbocycles. The number of nitrogens with one attached hydrogen (secondary N) is 3. The summed E-state index contributed by atoms with van der Waals surface area (Å²) in [4.78, 5) is 27.2. The van der Waals surface area contributed by atoms with Crippen molar-refractivity contribution in [3.05, 3.63) is 29.8 Å². The summed E-state index contributed by atoms with van der Waals surface area (Å²) in [6, 6.07) is 6.94. The lowest BCUT2D eigenvalue weighted by atomic mass is 10.1. The Morgan fingerprint density at radius 2 is 2.05 bits per heavy atom. The van der Waals surface area contributed by atoms with Crippen LogP contribution in [0.4, 0.5) is 5.69 Å². The molecule has 0 aliphatic carbocycles. The van der Waals surface area contributed by atoms with E-state index in [4.69, 9.17) is 0 Å². The minimum atomic E-state index is -0.358. The van der Waals surface area contributed by atoms with Gasteiger partial charge in [0.1, 0.15) is 11.9 Å². The molecule has 0 fully saturated rings. The molecule has 1 aromatic rings. The number of amides is 2. The van der Waals surface area contributed by atoms with E-state index < -0.39 is 0 Å². The molecule has 1 heterocycles. The lowest BCUT2D eigenvalue weighted by Crippen LogP contribution is -2.51. The van der Waals surface area contributed by atoms with E-state index in [2.05, 4.69) is 21.2 Å². The number of rotatable bonds is 5. The molecule has 2 rings (SSSR count). The Kier molecular flexibility index (Phi) is 5.21. The number of amidine groups is 1. The number of hydrogen-bond acceptors (Lipinski definition) is 5. The second-order valence-electron chi connectivity index (χ2n) is 4.65. The van der Waals surface area contributed by atoms with Crippen LogP contribution >= 0.6 is 11.8 Å². The number of carbonyl (C=O) groups excluding carboxylic acids is 2. The molecule has 3 N–H and O–H groups in total. The molecule has 1 aliphatic heterocycles. The van der Waals surface area contributed by atoms with Crippen LogP contribution in [0.25, 0.3) is 0 Å².